The van der Waals surface area contributed by atoms with Gasteiger partial charge in [-0.25, -0.2) is 0 Å². The lowest BCUT2D eigenvalue weighted by molar-refractivity contribution is 0.486. The van der Waals surface area contributed by atoms with Crippen molar-refractivity contribution in [2.75, 3.05) is 0 Å². The lowest BCUT2D eigenvalue weighted by Crippen LogP contribution is -2.62. The third-order valence-corrected chi connectivity index (χ3v) is 19.9. The fraction of sp³-hybridized carbons (Fsp3) is 0.194. The second-order valence-corrected chi connectivity index (χ2v) is 25.1. The number of benzene rings is 9. The highest BCUT2D eigenvalue weighted by molar-refractivity contribution is 14.1. The number of para-hydroxylation sites is 2. The smallest absolute Gasteiger partial charge is 0.253 e. The van der Waals surface area contributed by atoms with Gasteiger partial charge in [-0.3, -0.25) is 0 Å². The van der Waals surface area contributed by atoms with Gasteiger partial charge >= 0.3 is 0 Å². The summed E-state index contributed by atoms with van der Waals surface area (Å²) < 4.78 is 20.4. The summed E-state index contributed by atoms with van der Waals surface area (Å²) in [7, 11) is 0. The van der Waals surface area contributed by atoms with Gasteiger partial charge in [0.05, 0.1) is 33.4 Å². The fourth-order valence-electron chi connectivity index (χ4n) is 13.3. The number of rotatable bonds is 11. The molecule has 0 radical (unpaired) electrons. The number of ether oxygens (including phenoxy) is 2. The van der Waals surface area contributed by atoms with Crippen molar-refractivity contribution in [1.29, 1.82) is 0 Å². The molecule has 4 nitrogen and oxygen atoms in total. The van der Waals surface area contributed by atoms with Crippen LogP contribution in [0.1, 0.15) is 88.8 Å². The Morgan fingerprint density at radius 2 is 0.947 bits per heavy atom. The molecule has 4 aliphatic rings. The first-order valence-corrected chi connectivity index (χ1v) is 30.3. The van der Waals surface area contributed by atoms with Gasteiger partial charge in [-0.05, 0) is 184 Å². The Labute approximate surface area is 467 Å². The molecule has 0 aliphatic carbocycles. The molecule has 370 valence electrons. The Bertz CT molecular complexity index is 4190. The summed E-state index contributed by atoms with van der Waals surface area (Å²) in [5.41, 5.74) is 19.0. The molecule has 0 bridgehead atoms. The van der Waals surface area contributed by atoms with Gasteiger partial charge in [-0.1, -0.05) is 142 Å². The second kappa shape index (κ2) is 18.5. The minimum Gasteiger partial charge on any atom is -0.458 e. The van der Waals surface area contributed by atoms with Crippen LogP contribution in [0.4, 0.5) is 0 Å². The van der Waals surface area contributed by atoms with Gasteiger partial charge in [0.25, 0.3) is 13.4 Å². The van der Waals surface area contributed by atoms with Gasteiger partial charge in [0.1, 0.15) is 23.0 Å². The normalized spacial score (nSPS) is 14.0. The predicted molar refractivity (Wildman–Crippen MR) is 332 cm³/mol. The van der Waals surface area contributed by atoms with Crippen LogP contribution < -0.4 is 42.3 Å². The minimum atomic E-state index is 0.0106. The van der Waals surface area contributed by atoms with Gasteiger partial charge < -0.3 is 18.6 Å². The monoisotopic (exact) mass is 1130 g/mol. The Kier molecular flexibility index (Phi) is 11.4. The van der Waals surface area contributed by atoms with Crippen molar-refractivity contribution in [2.45, 2.75) is 105 Å². The van der Waals surface area contributed by atoms with Crippen molar-refractivity contribution >= 4 is 136 Å². The first-order chi connectivity index (χ1) is 37.3. The maximum absolute atomic E-state index is 7.08. The number of hydrogen-bond donors (Lipinski definition) is 0. The van der Waals surface area contributed by atoms with Crippen molar-refractivity contribution in [1.82, 2.24) is 9.13 Å². The van der Waals surface area contributed by atoms with E-state index in [2.05, 4.69) is 217 Å². The first kappa shape index (κ1) is 47.0. The minimum absolute atomic E-state index is 0.0106. The number of aromatic nitrogens is 2. The maximum atomic E-state index is 7.08. The van der Waals surface area contributed by atoms with Crippen LogP contribution in [0.2, 0.25) is 0 Å². The first-order valence-electron chi connectivity index (χ1n) is 27.6. The van der Waals surface area contributed by atoms with E-state index < -0.39 is 0 Å². The molecule has 15 rings (SSSR count). The van der Waals surface area contributed by atoms with E-state index in [9.17, 15) is 0 Å². The number of hydrogen-bond acceptors (Lipinski definition) is 4. The van der Waals surface area contributed by atoms with Crippen molar-refractivity contribution in [3.8, 4) is 34.4 Å². The zero-order valence-electron chi connectivity index (χ0n) is 43.3. The molecule has 9 heteroatoms. The molecule has 6 heterocycles. The molecular formula is C67H55B2IN2O2S2. The SMILES string of the molecule is CCCCc1ccc2c(c1)c1cc(CCCC)ccc1n2-c1cc2c3c(c1)Sc1cc4c(cc1B3c1ccccc1O2)B1c2ccccc2Oc2cc(-n3c5ccc(I)cc5c5cc([C@@H](C)CCC)ccc53)cc(c21)S4. The summed E-state index contributed by atoms with van der Waals surface area (Å²) in [4.78, 5) is 5.11. The van der Waals surface area contributed by atoms with Crippen LogP contribution >= 0.6 is 46.1 Å². The van der Waals surface area contributed by atoms with Crippen LogP contribution in [0.5, 0.6) is 23.0 Å². The molecule has 0 spiro atoms. The molecule has 0 unspecified atom stereocenters. The molecule has 4 aliphatic heterocycles. The number of aryl methyl sites for hydroxylation is 2. The quantitative estimate of drug-likeness (QED) is 0.0953. The molecule has 76 heavy (non-hydrogen) atoms. The largest absolute Gasteiger partial charge is 0.458 e. The lowest BCUT2D eigenvalue weighted by Gasteiger charge is -2.37. The molecule has 0 fully saturated rings. The Morgan fingerprint density at radius 3 is 1.47 bits per heavy atom. The Balaban J connectivity index is 0.900. The Morgan fingerprint density at radius 1 is 0.461 bits per heavy atom. The van der Waals surface area contributed by atoms with Crippen LogP contribution in [-0.2, 0) is 12.8 Å². The average molecular weight is 1130 g/mol. The molecule has 0 amide bonds. The zero-order valence-corrected chi connectivity index (χ0v) is 47.1. The summed E-state index contributed by atoms with van der Waals surface area (Å²) in [6.45, 7) is 9.25. The van der Waals surface area contributed by atoms with Gasteiger partial charge in [0, 0.05) is 56.8 Å². The van der Waals surface area contributed by atoms with Gasteiger partial charge in [-0.15, -0.1) is 0 Å². The molecule has 2 aromatic heterocycles. The van der Waals surface area contributed by atoms with Crippen molar-refractivity contribution in [3.63, 3.8) is 0 Å². The van der Waals surface area contributed by atoms with Crippen LogP contribution in [0.15, 0.2) is 177 Å². The maximum Gasteiger partial charge on any atom is 0.253 e. The highest BCUT2D eigenvalue weighted by atomic mass is 127. The number of halogens is 1. The molecular weight excluding hydrogens is 1080 g/mol. The molecule has 1 atom stereocenters. The predicted octanol–water partition coefficient (Wildman–Crippen LogP) is 15.2. The Hall–Kier alpha value is -6.26. The third kappa shape index (κ3) is 7.34. The van der Waals surface area contributed by atoms with Gasteiger partial charge in [0.15, 0.2) is 0 Å². The fourth-order valence-corrected chi connectivity index (χ4v) is 16.3. The van der Waals surface area contributed by atoms with Crippen LogP contribution in [0.25, 0.3) is 55.0 Å². The third-order valence-electron chi connectivity index (χ3n) is 16.9. The van der Waals surface area contributed by atoms with E-state index in [1.54, 1.807) is 0 Å². The van der Waals surface area contributed by atoms with E-state index in [1.807, 2.05) is 23.5 Å². The zero-order chi connectivity index (χ0) is 50.9. The number of nitrogens with zero attached hydrogens (tertiary/aromatic N) is 2. The van der Waals surface area contributed by atoms with E-state index in [0.717, 1.165) is 47.2 Å². The lowest BCUT2D eigenvalue weighted by atomic mass is 9.32. The average Bonchev–Trinajstić information content (AvgIpc) is 4.03. The van der Waals surface area contributed by atoms with Crippen molar-refractivity contribution in [2.24, 2.45) is 0 Å². The topological polar surface area (TPSA) is 28.3 Å². The number of fused-ring (bicyclic) bond motifs is 14. The number of unbranched alkanes of at least 4 members (excludes halogenated alkanes) is 2. The second-order valence-electron chi connectivity index (χ2n) is 21.7. The summed E-state index contributed by atoms with van der Waals surface area (Å²) in [6, 6.07) is 60.6. The summed E-state index contributed by atoms with van der Waals surface area (Å²) in [6.07, 6.45) is 9.30. The summed E-state index contributed by atoms with van der Waals surface area (Å²) in [5.74, 6) is 4.24. The van der Waals surface area contributed by atoms with Crippen molar-refractivity contribution in [3.05, 3.63) is 178 Å². The van der Waals surface area contributed by atoms with Crippen LogP contribution in [0, 0.1) is 3.57 Å². The molecule has 11 aromatic rings. The molecule has 0 N–H and O–H groups in total. The van der Waals surface area contributed by atoms with E-state index in [1.165, 1.54) is 155 Å². The van der Waals surface area contributed by atoms with E-state index in [-0.39, 0.29) is 13.4 Å². The van der Waals surface area contributed by atoms with Gasteiger partial charge in [0.2, 0.25) is 0 Å². The molecule has 9 aromatic carbocycles. The highest BCUT2D eigenvalue weighted by Crippen LogP contribution is 2.46. The van der Waals surface area contributed by atoms with Crippen LogP contribution in [-0.4, -0.2) is 22.6 Å². The van der Waals surface area contributed by atoms with E-state index in [0.29, 0.717) is 5.92 Å². The summed E-state index contributed by atoms with van der Waals surface area (Å²) in [5, 5.41) is 5.26. The van der Waals surface area contributed by atoms with Crippen LogP contribution in [0.3, 0.4) is 0 Å². The molecule has 0 saturated heterocycles. The van der Waals surface area contributed by atoms with Gasteiger partial charge in [-0.2, -0.15) is 0 Å². The van der Waals surface area contributed by atoms with Crippen molar-refractivity contribution < 1.29 is 9.47 Å². The van der Waals surface area contributed by atoms with E-state index in [4.69, 9.17) is 9.47 Å². The highest BCUT2D eigenvalue weighted by Gasteiger charge is 2.44. The van der Waals surface area contributed by atoms with E-state index >= 15 is 0 Å². The standard InChI is InChI=1S/C67H55B2IN2O2S2/c1-5-8-15-40-21-25-54-46(29-40)47-30-41(16-9-6-2)22-26-55(47)71(54)44-33-60-66-64(35-44)75-62-38-63-53(37-52(62)68(66)50-17-10-12-19-58(50)73-60)69-51-18-11-13-20-59(51)74-61-34-45(36-65(76-63)67(61)69)72-56-27-23-42(39(4)14-7-3)31-48(56)49-32-43(70)24-28-57(49)72/h10-13,17-39H,5-9,14-16H2,1-4H3/t39-/m0/s1. The molecule has 0 saturated carbocycles. The summed E-state index contributed by atoms with van der Waals surface area (Å²) >= 11 is 6.29.